The SMILES string of the molecule is Cc1cc(C)c(-c2noc(=[N+]=C(c3ccccc3)N(C)C)s2)c(C)c1. The molecule has 5 heteroatoms. The molecule has 3 aromatic rings. The summed E-state index contributed by atoms with van der Waals surface area (Å²) in [6.45, 7) is 6.32. The van der Waals surface area contributed by atoms with E-state index in [2.05, 4.69) is 42.7 Å². The fraction of sp³-hybridized carbons (Fsp3) is 0.250. The number of amidine groups is 1. The van der Waals surface area contributed by atoms with Gasteiger partial charge in [-0.1, -0.05) is 41.1 Å². The molecule has 0 aliphatic carbocycles. The van der Waals surface area contributed by atoms with E-state index in [1.807, 2.05) is 49.3 Å². The molecule has 0 atom stereocenters. The first-order chi connectivity index (χ1) is 12.0. The second-order valence-corrected chi connectivity index (χ2v) is 7.27. The van der Waals surface area contributed by atoms with Crippen molar-refractivity contribution < 1.29 is 4.52 Å². The summed E-state index contributed by atoms with van der Waals surface area (Å²) in [6, 6.07) is 14.4. The molecule has 0 aliphatic rings. The summed E-state index contributed by atoms with van der Waals surface area (Å²) in [5, 5.41) is 5.12. The minimum absolute atomic E-state index is 0.543. The van der Waals surface area contributed by atoms with Crippen LogP contribution in [0.2, 0.25) is 0 Å². The molecule has 128 valence electrons. The van der Waals surface area contributed by atoms with Crippen molar-refractivity contribution in [3.63, 3.8) is 0 Å². The summed E-state index contributed by atoms with van der Waals surface area (Å²) in [5.41, 5.74) is 5.83. The predicted octanol–water partition coefficient (Wildman–Crippen LogP) is 3.30. The Balaban J connectivity index is 2.16. The van der Waals surface area contributed by atoms with Gasteiger partial charge in [0, 0.05) is 5.56 Å². The zero-order chi connectivity index (χ0) is 18.0. The second kappa shape index (κ2) is 7.09. The zero-order valence-corrected chi connectivity index (χ0v) is 16.0. The fourth-order valence-electron chi connectivity index (χ4n) is 2.95. The van der Waals surface area contributed by atoms with Crippen LogP contribution in [0.4, 0.5) is 0 Å². The third-order valence-electron chi connectivity index (χ3n) is 3.93. The first-order valence-corrected chi connectivity index (χ1v) is 8.97. The molecular formula is C20H22N3OS+. The highest BCUT2D eigenvalue weighted by atomic mass is 32.1. The van der Waals surface area contributed by atoms with Crippen LogP contribution in [0.25, 0.3) is 10.6 Å². The third kappa shape index (κ3) is 3.73. The van der Waals surface area contributed by atoms with E-state index >= 15 is 0 Å². The summed E-state index contributed by atoms with van der Waals surface area (Å²) < 4.78 is 10.2. The Labute approximate surface area is 151 Å². The minimum atomic E-state index is 0.543. The first kappa shape index (κ1) is 17.2. The highest BCUT2D eigenvalue weighted by molar-refractivity contribution is 7.12. The third-order valence-corrected chi connectivity index (χ3v) is 4.75. The average Bonchev–Trinajstić information content (AvgIpc) is 3.00. The summed E-state index contributed by atoms with van der Waals surface area (Å²) >= 11 is 1.47. The van der Waals surface area contributed by atoms with Crippen molar-refractivity contribution in [1.82, 2.24) is 14.7 Å². The molecule has 2 aromatic carbocycles. The van der Waals surface area contributed by atoms with Gasteiger partial charge in [-0.15, -0.1) is 4.67 Å². The molecule has 0 aliphatic heterocycles. The molecule has 25 heavy (non-hydrogen) atoms. The lowest BCUT2D eigenvalue weighted by Gasteiger charge is -2.06. The molecule has 3 rings (SSSR count). The lowest BCUT2D eigenvalue weighted by atomic mass is 10.0. The maximum atomic E-state index is 5.52. The van der Waals surface area contributed by atoms with Crippen LogP contribution in [0.3, 0.4) is 0 Å². The first-order valence-electron chi connectivity index (χ1n) is 8.15. The highest BCUT2D eigenvalue weighted by Crippen LogP contribution is 2.28. The molecule has 0 saturated heterocycles. The van der Waals surface area contributed by atoms with Crippen LogP contribution < -0.4 is 9.54 Å². The Morgan fingerprint density at radius 1 is 1.04 bits per heavy atom. The summed E-state index contributed by atoms with van der Waals surface area (Å²) in [5.74, 6) is 0.844. The van der Waals surface area contributed by atoms with Gasteiger partial charge in [0.15, 0.2) is 5.01 Å². The molecule has 0 radical (unpaired) electrons. The number of nitrogens with zero attached hydrogens (tertiary/aromatic N) is 3. The van der Waals surface area contributed by atoms with E-state index in [1.165, 1.54) is 28.0 Å². The summed E-state index contributed by atoms with van der Waals surface area (Å²) in [6.07, 6.45) is 0. The maximum absolute atomic E-state index is 5.52. The molecule has 0 fully saturated rings. The molecule has 1 heterocycles. The highest BCUT2D eigenvalue weighted by Gasteiger charge is 2.17. The van der Waals surface area contributed by atoms with Crippen molar-refractivity contribution in [2.75, 3.05) is 14.1 Å². The van der Waals surface area contributed by atoms with E-state index in [0.717, 1.165) is 22.0 Å². The standard InChI is InChI=1S/C20H22N3OS/c1-13-11-14(2)17(15(3)12-13)19-22-24-20(25-19)21-18(23(4)5)16-9-7-6-8-10-16/h6-12H,1-5H3/q+1. The van der Waals surface area contributed by atoms with Gasteiger partial charge < -0.3 is 0 Å². The molecule has 0 saturated carbocycles. The summed E-state index contributed by atoms with van der Waals surface area (Å²) in [4.78, 5) is 2.52. The normalized spacial score (nSPS) is 10.4. The Kier molecular flexibility index (Phi) is 4.88. The van der Waals surface area contributed by atoms with E-state index in [0.29, 0.717) is 4.87 Å². The molecule has 4 nitrogen and oxygen atoms in total. The summed E-state index contributed by atoms with van der Waals surface area (Å²) in [7, 11) is 3.95. The van der Waals surface area contributed by atoms with Gasteiger partial charge in [-0.2, -0.15) is 0 Å². The van der Waals surface area contributed by atoms with Crippen LogP contribution in [0.15, 0.2) is 47.0 Å². The van der Waals surface area contributed by atoms with Crippen LogP contribution in [-0.4, -0.2) is 30.0 Å². The molecule has 0 bridgehead atoms. The van der Waals surface area contributed by atoms with Gasteiger partial charge in [0.25, 0.3) is 0 Å². The number of hydrogen-bond acceptors (Lipinski definition) is 3. The number of aryl methyl sites for hydroxylation is 3. The zero-order valence-electron chi connectivity index (χ0n) is 15.2. The molecule has 0 unspecified atom stereocenters. The van der Waals surface area contributed by atoms with Crippen molar-refractivity contribution in [1.29, 1.82) is 0 Å². The van der Waals surface area contributed by atoms with Gasteiger partial charge >= 0.3 is 10.7 Å². The average molecular weight is 352 g/mol. The minimum Gasteiger partial charge on any atom is -0.289 e. The number of benzene rings is 2. The van der Waals surface area contributed by atoms with Gasteiger partial charge in [0.2, 0.25) is 0 Å². The molecule has 1 aromatic heterocycles. The maximum Gasteiger partial charge on any atom is 0.471 e. The van der Waals surface area contributed by atoms with Crippen molar-refractivity contribution in [3.05, 3.63) is 69.6 Å². The van der Waals surface area contributed by atoms with Crippen LogP contribution in [0.5, 0.6) is 0 Å². The van der Waals surface area contributed by atoms with Gasteiger partial charge in [-0.05, 0) is 55.4 Å². The van der Waals surface area contributed by atoms with Crippen molar-refractivity contribution >= 4 is 17.2 Å². The van der Waals surface area contributed by atoms with Crippen LogP contribution >= 0.6 is 11.3 Å². The van der Waals surface area contributed by atoms with E-state index in [1.54, 1.807) is 0 Å². The lowest BCUT2D eigenvalue weighted by Crippen LogP contribution is -2.27. The largest absolute Gasteiger partial charge is 0.471 e. The van der Waals surface area contributed by atoms with Crippen molar-refractivity contribution in [3.8, 4) is 10.6 Å². The van der Waals surface area contributed by atoms with E-state index in [4.69, 9.17) is 4.52 Å². The van der Waals surface area contributed by atoms with Gasteiger partial charge in [-0.25, -0.2) is 0 Å². The van der Waals surface area contributed by atoms with Gasteiger partial charge in [0.05, 0.1) is 19.7 Å². The van der Waals surface area contributed by atoms with Crippen molar-refractivity contribution in [2.45, 2.75) is 20.8 Å². The molecule has 0 N–H and O–H groups in total. The second-order valence-electron chi connectivity index (χ2n) is 6.33. The number of rotatable bonds is 2. The Morgan fingerprint density at radius 3 is 2.28 bits per heavy atom. The smallest absolute Gasteiger partial charge is 0.289 e. The van der Waals surface area contributed by atoms with Crippen LogP contribution in [0.1, 0.15) is 22.3 Å². The van der Waals surface area contributed by atoms with Crippen LogP contribution in [0, 0.1) is 20.8 Å². The van der Waals surface area contributed by atoms with Crippen molar-refractivity contribution in [2.24, 2.45) is 0 Å². The van der Waals surface area contributed by atoms with E-state index < -0.39 is 0 Å². The fourth-order valence-corrected chi connectivity index (χ4v) is 3.82. The topological polar surface area (TPSA) is 43.4 Å². The molecule has 0 amide bonds. The molecule has 0 spiro atoms. The predicted molar refractivity (Wildman–Crippen MR) is 104 cm³/mol. The van der Waals surface area contributed by atoms with Gasteiger partial charge in [0.1, 0.15) is 0 Å². The number of aromatic nitrogens is 1. The quantitative estimate of drug-likeness (QED) is 0.404. The van der Waals surface area contributed by atoms with E-state index in [-0.39, 0.29) is 0 Å². The van der Waals surface area contributed by atoms with Gasteiger partial charge in [-0.3, -0.25) is 9.42 Å². The van der Waals surface area contributed by atoms with Crippen LogP contribution in [-0.2, 0) is 0 Å². The van der Waals surface area contributed by atoms with E-state index in [9.17, 15) is 0 Å². The number of hydrogen-bond donors (Lipinski definition) is 0. The molecular weight excluding hydrogens is 330 g/mol. The Morgan fingerprint density at radius 2 is 1.68 bits per heavy atom. The lowest BCUT2D eigenvalue weighted by molar-refractivity contribution is 0.386. The Bertz CT molecular complexity index is 970. The monoisotopic (exact) mass is 352 g/mol. The Hall–Kier alpha value is -2.62.